The molecule has 306 valence electrons. The Hall–Kier alpha value is -0.930. The van der Waals surface area contributed by atoms with Crippen LogP contribution in [0.2, 0.25) is 0 Å². The van der Waals surface area contributed by atoms with Crippen LogP contribution in [0.1, 0.15) is 121 Å². The monoisotopic (exact) mass is 754 g/mol. The largest absolute Gasteiger partial charge is 0.481 e. The lowest BCUT2D eigenvalue weighted by Crippen LogP contribution is -2.65. The van der Waals surface area contributed by atoms with E-state index in [-0.39, 0.29) is 59.9 Å². The summed E-state index contributed by atoms with van der Waals surface area (Å²) in [5.74, 6) is -7.35. The smallest absolute Gasteiger partial charge is 0.311 e. The molecule has 6 heterocycles. The Morgan fingerprint density at radius 2 is 1.49 bits per heavy atom. The summed E-state index contributed by atoms with van der Waals surface area (Å²) >= 11 is 0. The molecule has 0 aromatic rings. The second-order valence-electron chi connectivity index (χ2n) is 19.2. The number of ether oxygens (including phenoxy) is 7. The van der Waals surface area contributed by atoms with Gasteiger partial charge in [0.2, 0.25) is 0 Å². The van der Waals surface area contributed by atoms with Crippen molar-refractivity contribution in [2.24, 2.45) is 47.3 Å². The van der Waals surface area contributed by atoms with E-state index in [1.807, 2.05) is 27.7 Å². The molecule has 12 nitrogen and oxygen atoms in total. The van der Waals surface area contributed by atoms with E-state index in [0.29, 0.717) is 19.3 Å². The Morgan fingerprint density at radius 1 is 0.830 bits per heavy atom. The molecule has 6 rings (SSSR count). The quantitative estimate of drug-likeness (QED) is 0.255. The first-order chi connectivity index (χ1) is 24.5. The van der Waals surface area contributed by atoms with Crippen LogP contribution in [0.25, 0.3) is 0 Å². The Balaban J connectivity index is 1.15. The second kappa shape index (κ2) is 14.5. The van der Waals surface area contributed by atoms with Crippen LogP contribution >= 0.6 is 0 Å². The van der Waals surface area contributed by atoms with Crippen LogP contribution in [0.5, 0.6) is 0 Å². The average molecular weight is 755 g/mol. The molecule has 0 amide bonds. The van der Waals surface area contributed by atoms with Gasteiger partial charge in [-0.05, 0) is 71.6 Å². The van der Waals surface area contributed by atoms with Gasteiger partial charge in [0.25, 0.3) is 0 Å². The highest BCUT2D eigenvalue weighted by molar-refractivity contribution is 5.70. The van der Waals surface area contributed by atoms with Gasteiger partial charge in [0.1, 0.15) is 5.92 Å². The number of aliphatic carboxylic acids is 1. The van der Waals surface area contributed by atoms with Crippen molar-refractivity contribution in [3.8, 4) is 0 Å². The van der Waals surface area contributed by atoms with E-state index in [4.69, 9.17) is 33.2 Å². The summed E-state index contributed by atoms with van der Waals surface area (Å²) in [4.78, 5) is 12.1. The number of carboxylic acids is 1. The minimum atomic E-state index is -1.96. The van der Waals surface area contributed by atoms with E-state index in [9.17, 15) is 25.2 Å². The van der Waals surface area contributed by atoms with Crippen molar-refractivity contribution in [1.82, 2.24) is 0 Å². The highest BCUT2D eigenvalue weighted by atomic mass is 16.7. The number of aliphatic hydroxyl groups excluding tert-OH is 1. The van der Waals surface area contributed by atoms with Gasteiger partial charge in [0, 0.05) is 49.5 Å². The van der Waals surface area contributed by atoms with Crippen LogP contribution in [0.15, 0.2) is 0 Å². The van der Waals surface area contributed by atoms with E-state index < -0.39 is 70.8 Å². The Morgan fingerprint density at radius 3 is 2.13 bits per heavy atom. The molecule has 0 aliphatic carbocycles. The number of carboxylic acid groups (broad SMARTS) is 1. The average Bonchev–Trinajstić information content (AvgIpc) is 3.78. The molecule has 6 aliphatic rings. The highest BCUT2D eigenvalue weighted by Crippen LogP contribution is 2.55. The number of methoxy groups -OCH3 is 1. The van der Waals surface area contributed by atoms with Crippen LogP contribution in [0.3, 0.4) is 0 Å². The number of aliphatic hydroxyl groups is 3. The number of rotatable bonds is 8. The van der Waals surface area contributed by atoms with Crippen LogP contribution in [-0.2, 0) is 38.0 Å². The fraction of sp³-hybridized carbons (Fsp3) is 0.976. The lowest BCUT2D eigenvalue weighted by Gasteiger charge is -2.54. The first-order valence-corrected chi connectivity index (χ1v) is 20.5. The highest BCUT2D eigenvalue weighted by Gasteiger charge is 2.63. The lowest BCUT2D eigenvalue weighted by atomic mass is 9.71. The van der Waals surface area contributed by atoms with Crippen molar-refractivity contribution in [2.75, 3.05) is 7.11 Å². The zero-order valence-corrected chi connectivity index (χ0v) is 34.2. The first-order valence-electron chi connectivity index (χ1n) is 20.5. The van der Waals surface area contributed by atoms with Gasteiger partial charge in [-0.25, -0.2) is 0 Å². The minimum Gasteiger partial charge on any atom is -0.481 e. The molecule has 0 aromatic carbocycles. The molecule has 6 saturated heterocycles. The Labute approximate surface area is 316 Å². The van der Waals surface area contributed by atoms with Crippen molar-refractivity contribution in [1.29, 1.82) is 0 Å². The zero-order valence-electron chi connectivity index (χ0n) is 34.2. The molecule has 0 saturated carbocycles. The summed E-state index contributed by atoms with van der Waals surface area (Å²) in [6, 6.07) is 0. The molecule has 21 atom stereocenters. The third-order valence-electron chi connectivity index (χ3n) is 15.2. The summed E-state index contributed by atoms with van der Waals surface area (Å²) in [6.45, 7) is 21.6. The molecule has 6 fully saturated rings. The lowest BCUT2D eigenvalue weighted by molar-refractivity contribution is -0.365. The molecule has 0 unspecified atom stereocenters. The molecule has 1 spiro atoms. The van der Waals surface area contributed by atoms with Crippen molar-refractivity contribution in [3.63, 3.8) is 0 Å². The van der Waals surface area contributed by atoms with Crippen molar-refractivity contribution in [2.45, 2.75) is 199 Å². The van der Waals surface area contributed by atoms with Gasteiger partial charge in [0.05, 0.1) is 60.0 Å². The predicted octanol–water partition coefficient (Wildman–Crippen LogP) is 5.27. The third-order valence-corrected chi connectivity index (χ3v) is 15.2. The molecular formula is C41H70O12. The topological polar surface area (TPSA) is 163 Å². The molecule has 0 bridgehead atoms. The van der Waals surface area contributed by atoms with Crippen molar-refractivity contribution >= 4 is 5.97 Å². The normalized spacial score (nSPS) is 56.1. The molecule has 6 aliphatic heterocycles. The number of carbonyl (C=O) groups is 1. The molecule has 4 N–H and O–H groups in total. The fourth-order valence-electron chi connectivity index (χ4n) is 11.5. The van der Waals surface area contributed by atoms with Crippen LogP contribution < -0.4 is 0 Å². The van der Waals surface area contributed by atoms with Gasteiger partial charge >= 0.3 is 5.97 Å². The SMILES string of the molecule is CO[C@@H]1[C@H](C)[C@@H]([C@@H](C)[C@@H]2O[C@]3(CC[C@](C)([C@@H]4CC[C@](C)([C@@H]5O[C@H]([C@@H]6O[C@](C)(O)[C@@H](C)C[C@@H]6C)C[C@H]5C)O4)O3)C[C@@H](O)[C@@H]2C)O[C@@](O)([C@H](C)C(=O)O)[C@@H]1C. The summed E-state index contributed by atoms with van der Waals surface area (Å²) in [5.41, 5.74) is -1.19. The summed E-state index contributed by atoms with van der Waals surface area (Å²) in [7, 11) is 1.58. The second-order valence-corrected chi connectivity index (χ2v) is 19.2. The van der Waals surface area contributed by atoms with Gasteiger partial charge in [0.15, 0.2) is 17.4 Å². The van der Waals surface area contributed by atoms with E-state index in [1.165, 1.54) is 6.92 Å². The summed E-state index contributed by atoms with van der Waals surface area (Å²) < 4.78 is 46.4. The standard InChI is InChI=1S/C41H70O12/c1-20-17-22(3)39(11,45)50-31(20)29-18-21(2)35(48-29)38(10)14-13-30(49-38)37(9)15-16-40(53-37)19-28(42)23(4)32(51-40)24(5)33-25(6)34(47-12)26(7)41(46,52-33)27(8)36(43)44/h20-35,42,45-46H,13-19H2,1-12H3,(H,43,44)/t20-,21+,22-,23-,24-,25+,26+,27+,28+,29-,30-,31+,32+,33+,34+,35+,37+,38+,39-,40-,41+/m0/s1. The van der Waals surface area contributed by atoms with Gasteiger partial charge in [-0.3, -0.25) is 4.79 Å². The maximum Gasteiger partial charge on any atom is 0.311 e. The predicted molar refractivity (Wildman–Crippen MR) is 194 cm³/mol. The molecule has 53 heavy (non-hydrogen) atoms. The zero-order chi connectivity index (χ0) is 39.2. The van der Waals surface area contributed by atoms with Crippen LogP contribution in [0.4, 0.5) is 0 Å². The van der Waals surface area contributed by atoms with Crippen molar-refractivity contribution < 1.29 is 58.4 Å². The third kappa shape index (κ3) is 7.16. The first kappa shape index (κ1) is 41.7. The van der Waals surface area contributed by atoms with E-state index in [0.717, 1.165) is 25.7 Å². The van der Waals surface area contributed by atoms with Gasteiger partial charge in [-0.15, -0.1) is 0 Å². The van der Waals surface area contributed by atoms with Gasteiger partial charge < -0.3 is 53.6 Å². The number of hydrogen-bond acceptors (Lipinski definition) is 11. The Bertz CT molecular complexity index is 1330. The van der Waals surface area contributed by atoms with Crippen LogP contribution in [0, 0.1) is 47.3 Å². The van der Waals surface area contributed by atoms with Gasteiger partial charge in [-0.2, -0.15) is 0 Å². The summed E-state index contributed by atoms with van der Waals surface area (Å²) in [5, 5.41) is 44.1. The van der Waals surface area contributed by atoms with E-state index in [2.05, 4.69) is 27.7 Å². The molecular weight excluding hydrogens is 684 g/mol. The summed E-state index contributed by atoms with van der Waals surface area (Å²) in [6.07, 6.45) is 2.00. The molecule has 0 aromatic heterocycles. The Kier molecular flexibility index (Phi) is 11.4. The van der Waals surface area contributed by atoms with E-state index in [1.54, 1.807) is 21.0 Å². The maximum absolute atomic E-state index is 12.1. The minimum absolute atomic E-state index is 0.0508. The van der Waals surface area contributed by atoms with Crippen LogP contribution in [-0.4, -0.2) is 111 Å². The molecule has 0 radical (unpaired) electrons. The number of hydrogen-bond donors (Lipinski definition) is 4. The van der Waals surface area contributed by atoms with E-state index >= 15 is 0 Å². The van der Waals surface area contributed by atoms with Crippen molar-refractivity contribution in [3.05, 3.63) is 0 Å². The maximum atomic E-state index is 12.1. The fourth-order valence-corrected chi connectivity index (χ4v) is 11.5. The van der Waals surface area contributed by atoms with Gasteiger partial charge in [-0.1, -0.05) is 48.5 Å². The molecule has 12 heteroatoms.